The highest BCUT2D eigenvalue weighted by atomic mass is 16.5. The van der Waals surface area contributed by atoms with Gasteiger partial charge < -0.3 is 23.8 Å². The van der Waals surface area contributed by atoms with Crippen LogP contribution in [0.25, 0.3) is 0 Å². The predicted molar refractivity (Wildman–Crippen MR) is 274 cm³/mol. The maximum absolute atomic E-state index is 10.4. The Morgan fingerprint density at radius 3 is 0.862 bits per heavy atom. The Morgan fingerprint density at radius 1 is 0.385 bits per heavy atom. The van der Waals surface area contributed by atoms with Crippen LogP contribution in [0.4, 0.5) is 0 Å². The van der Waals surface area contributed by atoms with Crippen molar-refractivity contribution in [3.63, 3.8) is 0 Å². The molecule has 0 saturated carbocycles. The molecular formula is C58H95N3O4. The number of rotatable bonds is 45. The van der Waals surface area contributed by atoms with Gasteiger partial charge in [0.15, 0.2) is 0 Å². The number of ether oxygens (including phenoxy) is 4. The summed E-state index contributed by atoms with van der Waals surface area (Å²) in [7, 11) is 0. The molecule has 7 heteroatoms. The quantitative estimate of drug-likeness (QED) is 0.0483. The van der Waals surface area contributed by atoms with Crippen molar-refractivity contribution in [1.29, 1.82) is 10.5 Å². The molecule has 0 atom stereocenters. The highest BCUT2D eigenvalue weighted by molar-refractivity contribution is 5.41. The molecule has 0 N–H and O–H groups in total. The van der Waals surface area contributed by atoms with Crippen LogP contribution in [0.2, 0.25) is 0 Å². The Morgan fingerprint density at radius 2 is 0.631 bits per heavy atom. The highest BCUT2D eigenvalue weighted by Crippen LogP contribution is 2.29. The number of unbranched alkanes of at least 4 members (excludes halogenated alkanes) is 28. The second-order valence-electron chi connectivity index (χ2n) is 18.5. The first-order valence-electron chi connectivity index (χ1n) is 27.1. The zero-order chi connectivity index (χ0) is 46.7. The van der Waals surface area contributed by atoms with E-state index in [1.54, 1.807) is 0 Å². The number of nitriles is 2. The van der Waals surface area contributed by atoms with Crippen molar-refractivity contribution in [3.8, 4) is 35.1 Å². The third-order valence-corrected chi connectivity index (χ3v) is 12.3. The Hall–Kier alpha value is -3.84. The number of nitrogens with zero attached hydrogens (tertiary/aromatic N) is 3. The van der Waals surface area contributed by atoms with Gasteiger partial charge in [0.1, 0.15) is 34.8 Å². The molecule has 0 saturated heterocycles. The average Bonchev–Trinajstić information content (AvgIpc) is 3.31. The third-order valence-electron chi connectivity index (χ3n) is 12.3. The molecule has 2 aromatic carbocycles. The van der Waals surface area contributed by atoms with Crippen LogP contribution >= 0.6 is 0 Å². The first-order chi connectivity index (χ1) is 32.1. The van der Waals surface area contributed by atoms with E-state index in [1.807, 2.05) is 17.0 Å². The molecule has 0 radical (unpaired) electrons. The molecule has 0 aliphatic carbocycles. The molecule has 0 fully saturated rings. The van der Waals surface area contributed by atoms with E-state index in [9.17, 15) is 10.5 Å². The van der Waals surface area contributed by atoms with Crippen molar-refractivity contribution in [2.45, 2.75) is 246 Å². The van der Waals surface area contributed by atoms with Crippen LogP contribution in [0.15, 0.2) is 48.2 Å². The first-order valence-corrected chi connectivity index (χ1v) is 27.1. The number of benzene rings is 2. The van der Waals surface area contributed by atoms with E-state index in [1.165, 1.54) is 186 Å². The van der Waals surface area contributed by atoms with Gasteiger partial charge in [-0.2, -0.15) is 10.5 Å². The van der Waals surface area contributed by atoms with Gasteiger partial charge in [-0.1, -0.05) is 207 Å². The van der Waals surface area contributed by atoms with Crippen LogP contribution in [0, 0.1) is 22.7 Å². The number of allylic oxidation sites excluding steroid dienone is 2. The molecule has 0 spiro atoms. The summed E-state index contributed by atoms with van der Waals surface area (Å²) in [6.07, 6.45) is 41.3. The summed E-state index contributed by atoms with van der Waals surface area (Å²) in [5.41, 5.74) is 2.25. The van der Waals surface area contributed by atoms with Crippen molar-refractivity contribution in [3.05, 3.63) is 59.3 Å². The Balaban J connectivity index is 2.25. The molecule has 0 aliphatic heterocycles. The summed E-state index contributed by atoms with van der Waals surface area (Å²) in [6, 6.07) is 16.8. The minimum absolute atomic E-state index is 0.311. The molecule has 0 heterocycles. The van der Waals surface area contributed by atoms with Gasteiger partial charge in [0.2, 0.25) is 0 Å². The Bertz CT molecular complexity index is 1370. The topological polar surface area (TPSA) is 87.7 Å². The van der Waals surface area contributed by atoms with Crippen LogP contribution in [0.3, 0.4) is 0 Å². The lowest BCUT2D eigenvalue weighted by atomic mass is 10.1. The second kappa shape index (κ2) is 41.6. The third kappa shape index (κ3) is 30.9. The van der Waals surface area contributed by atoms with Crippen LogP contribution in [0.1, 0.15) is 244 Å². The lowest BCUT2D eigenvalue weighted by molar-refractivity contribution is 0.285. The van der Waals surface area contributed by atoms with Crippen molar-refractivity contribution in [1.82, 2.24) is 4.90 Å². The first kappa shape index (κ1) is 57.3. The molecular weight excluding hydrogens is 803 g/mol. The Kier molecular flexibility index (Phi) is 36.6. The SMILES string of the molecule is CCCCCCCCCCOc1cc(CN(Cc2cc(OCCCCCCCCCC)cc(OCCCCCCCCCC)c2)/C(C#N)=C/C#N)cc(OCCCCCCCCCC)c1. The van der Waals surface area contributed by atoms with Crippen molar-refractivity contribution >= 4 is 0 Å². The van der Waals surface area contributed by atoms with Gasteiger partial charge in [0.25, 0.3) is 0 Å². The van der Waals surface area contributed by atoms with Gasteiger partial charge >= 0.3 is 0 Å². The normalized spacial score (nSPS) is 11.3. The molecule has 2 aromatic rings. The maximum atomic E-state index is 10.4. The smallest absolute Gasteiger partial charge is 0.127 e. The fourth-order valence-electron chi connectivity index (χ4n) is 8.40. The molecule has 0 amide bonds. The van der Waals surface area contributed by atoms with E-state index in [2.05, 4.69) is 64.1 Å². The van der Waals surface area contributed by atoms with Gasteiger partial charge in [-0.15, -0.1) is 0 Å². The van der Waals surface area contributed by atoms with Crippen molar-refractivity contribution in [2.24, 2.45) is 0 Å². The van der Waals surface area contributed by atoms with E-state index in [-0.39, 0.29) is 0 Å². The summed E-state index contributed by atoms with van der Waals surface area (Å²) >= 11 is 0. The molecule has 0 aliphatic rings. The number of hydrogen-bond donors (Lipinski definition) is 0. The highest BCUT2D eigenvalue weighted by Gasteiger charge is 2.16. The summed E-state index contributed by atoms with van der Waals surface area (Å²) < 4.78 is 25.6. The second-order valence-corrected chi connectivity index (χ2v) is 18.5. The summed E-state index contributed by atoms with van der Waals surface area (Å²) in [6.45, 7) is 12.5. The van der Waals surface area contributed by atoms with Crippen molar-refractivity contribution in [2.75, 3.05) is 26.4 Å². The molecule has 65 heavy (non-hydrogen) atoms. The van der Waals surface area contributed by atoms with Crippen LogP contribution < -0.4 is 18.9 Å². The van der Waals surface area contributed by atoms with Crippen molar-refractivity contribution < 1.29 is 18.9 Å². The summed E-state index contributed by atoms with van der Waals surface area (Å²) in [5.74, 6) is 3.14. The standard InChI is InChI=1S/C58H95N3O4/c1-5-9-13-17-21-25-29-33-39-62-55-43-52(44-56(47-55)63-40-34-30-26-22-18-14-10-6-2)50-61(54(49-60)37-38-59)51-53-45-57(64-41-35-31-27-23-19-15-11-7-3)48-58(46-53)65-42-36-32-28-24-20-16-12-8-4/h37,43-48H,5-36,39-42,50-51H2,1-4H3/b54-37+. The molecule has 0 bridgehead atoms. The molecule has 2 rings (SSSR count). The van der Waals surface area contributed by atoms with Crippen LogP contribution in [0.5, 0.6) is 23.0 Å². The minimum Gasteiger partial charge on any atom is -0.493 e. The predicted octanol–water partition coefficient (Wildman–Crippen LogP) is 17.7. The fraction of sp³-hybridized carbons (Fsp3) is 0.724. The average molecular weight is 898 g/mol. The largest absolute Gasteiger partial charge is 0.493 e. The van der Waals surface area contributed by atoms with Crippen LogP contribution in [-0.2, 0) is 13.1 Å². The zero-order valence-electron chi connectivity index (χ0n) is 42.4. The molecule has 7 nitrogen and oxygen atoms in total. The molecule has 366 valence electrons. The van der Waals surface area contributed by atoms with E-state index in [4.69, 9.17) is 18.9 Å². The van der Waals surface area contributed by atoms with E-state index >= 15 is 0 Å². The van der Waals surface area contributed by atoms with Crippen LogP contribution in [-0.4, -0.2) is 31.3 Å². The Labute approximate surface area is 400 Å². The molecule has 0 aromatic heterocycles. The van der Waals surface area contributed by atoms with Gasteiger partial charge in [0, 0.05) is 25.2 Å². The van der Waals surface area contributed by atoms with Gasteiger partial charge in [0.05, 0.1) is 38.6 Å². The van der Waals surface area contributed by atoms with E-state index in [0.717, 1.165) is 59.8 Å². The fourth-order valence-corrected chi connectivity index (χ4v) is 8.40. The lowest BCUT2D eigenvalue weighted by Crippen LogP contribution is -2.22. The monoisotopic (exact) mass is 898 g/mol. The molecule has 0 unspecified atom stereocenters. The maximum Gasteiger partial charge on any atom is 0.127 e. The van der Waals surface area contributed by atoms with Gasteiger partial charge in [-0.05, 0) is 61.1 Å². The minimum atomic E-state index is 0.311. The number of hydrogen-bond acceptors (Lipinski definition) is 7. The van der Waals surface area contributed by atoms with E-state index in [0.29, 0.717) is 45.2 Å². The lowest BCUT2D eigenvalue weighted by Gasteiger charge is -2.25. The van der Waals surface area contributed by atoms with Gasteiger partial charge in [-0.3, -0.25) is 0 Å². The summed E-state index contributed by atoms with van der Waals surface area (Å²) in [4.78, 5) is 1.98. The van der Waals surface area contributed by atoms with Gasteiger partial charge in [-0.25, -0.2) is 0 Å². The summed E-state index contributed by atoms with van der Waals surface area (Å²) in [5, 5.41) is 20.2. The van der Waals surface area contributed by atoms with E-state index < -0.39 is 0 Å². The zero-order valence-corrected chi connectivity index (χ0v) is 42.4.